The first-order valence-corrected chi connectivity index (χ1v) is 12.1. The average molecular weight is 510 g/mol. The number of hydrogen-bond donors (Lipinski definition) is 1. The number of benzene rings is 2. The minimum atomic E-state index is -1.59. The monoisotopic (exact) mass is 509 g/mol. The molecule has 2 aromatic rings. The van der Waals surface area contributed by atoms with Crippen LogP contribution < -0.4 is 0 Å². The van der Waals surface area contributed by atoms with Crippen molar-refractivity contribution in [1.82, 2.24) is 4.90 Å². The number of esters is 1. The fourth-order valence-corrected chi connectivity index (χ4v) is 4.52. The molecule has 0 bridgehead atoms. The van der Waals surface area contributed by atoms with Crippen LogP contribution in [0.15, 0.2) is 71.8 Å². The quantitative estimate of drug-likeness (QED) is 0.406. The van der Waals surface area contributed by atoms with Crippen LogP contribution in [0.2, 0.25) is 0 Å². The van der Waals surface area contributed by atoms with Gasteiger partial charge < -0.3 is 24.1 Å². The molecule has 0 saturated carbocycles. The Hall–Kier alpha value is -3.37. The molecule has 9 nitrogen and oxygen atoms in total. The fourth-order valence-electron chi connectivity index (χ4n) is 4.52. The molecule has 2 aromatic carbocycles. The number of hydrogen-bond acceptors (Lipinski definition) is 8. The summed E-state index contributed by atoms with van der Waals surface area (Å²) < 4.78 is 23.5. The van der Waals surface area contributed by atoms with Gasteiger partial charge in [-0.1, -0.05) is 60.7 Å². The zero-order chi connectivity index (χ0) is 26.5. The summed E-state index contributed by atoms with van der Waals surface area (Å²) in [5.41, 5.74) is 2.31. The Labute approximate surface area is 215 Å². The first kappa shape index (κ1) is 26.7. The van der Waals surface area contributed by atoms with Gasteiger partial charge >= 0.3 is 5.97 Å². The van der Waals surface area contributed by atoms with Crippen LogP contribution in [0, 0.1) is 0 Å². The van der Waals surface area contributed by atoms with E-state index in [-0.39, 0.29) is 31.0 Å². The van der Waals surface area contributed by atoms with Crippen LogP contribution in [-0.2, 0) is 46.5 Å². The third kappa shape index (κ3) is 5.97. The molecule has 37 heavy (non-hydrogen) atoms. The van der Waals surface area contributed by atoms with E-state index in [0.717, 1.165) is 16.0 Å². The Bertz CT molecular complexity index is 1130. The summed E-state index contributed by atoms with van der Waals surface area (Å²) in [7, 11) is 0. The third-order valence-electron chi connectivity index (χ3n) is 6.55. The highest BCUT2D eigenvalue weighted by molar-refractivity contribution is 6.19. The summed E-state index contributed by atoms with van der Waals surface area (Å²) in [4.78, 5) is 39.1. The van der Waals surface area contributed by atoms with Crippen molar-refractivity contribution >= 4 is 17.8 Å². The number of imide groups is 1. The van der Waals surface area contributed by atoms with E-state index in [4.69, 9.17) is 18.9 Å². The number of amides is 2. The third-order valence-corrected chi connectivity index (χ3v) is 6.55. The first-order valence-electron chi connectivity index (χ1n) is 12.1. The second-order valence-electron chi connectivity index (χ2n) is 9.12. The van der Waals surface area contributed by atoms with Gasteiger partial charge in [-0.3, -0.25) is 19.3 Å². The molecule has 1 saturated heterocycles. The van der Waals surface area contributed by atoms with E-state index in [1.54, 1.807) is 13.8 Å². The molecule has 2 aliphatic rings. The Morgan fingerprint density at radius 3 is 1.97 bits per heavy atom. The SMILES string of the molecule is CC(=O)O[C@H]1[C@H](OCc2ccccc2)[C@@H](N2C(=O)C(C)=C(C)C2=O)C(O)O[C@@H]1COCc1ccccc1. The summed E-state index contributed by atoms with van der Waals surface area (Å²) in [6, 6.07) is 17.5. The van der Waals surface area contributed by atoms with E-state index >= 15 is 0 Å². The minimum Gasteiger partial charge on any atom is -0.457 e. The predicted octanol–water partition coefficient (Wildman–Crippen LogP) is 2.51. The lowest BCUT2D eigenvalue weighted by Gasteiger charge is -2.46. The lowest BCUT2D eigenvalue weighted by Crippen LogP contribution is -2.67. The molecule has 1 N–H and O–H groups in total. The van der Waals surface area contributed by atoms with Crippen LogP contribution in [0.5, 0.6) is 0 Å². The van der Waals surface area contributed by atoms with Crippen molar-refractivity contribution in [3.05, 3.63) is 82.9 Å². The van der Waals surface area contributed by atoms with Gasteiger partial charge in [-0.15, -0.1) is 0 Å². The van der Waals surface area contributed by atoms with Crippen molar-refractivity contribution in [3.63, 3.8) is 0 Å². The topological polar surface area (TPSA) is 112 Å². The van der Waals surface area contributed by atoms with Crippen LogP contribution >= 0.6 is 0 Å². The highest BCUT2D eigenvalue weighted by Gasteiger charge is 2.54. The first-order chi connectivity index (χ1) is 17.8. The van der Waals surface area contributed by atoms with E-state index in [2.05, 4.69) is 0 Å². The molecule has 9 heteroatoms. The van der Waals surface area contributed by atoms with E-state index < -0.39 is 48.4 Å². The van der Waals surface area contributed by atoms with Gasteiger partial charge in [0, 0.05) is 18.1 Å². The molecular weight excluding hydrogens is 478 g/mol. The molecule has 0 aromatic heterocycles. The van der Waals surface area contributed by atoms with Gasteiger partial charge in [-0.25, -0.2) is 0 Å². The molecule has 0 aliphatic carbocycles. The molecule has 196 valence electrons. The van der Waals surface area contributed by atoms with E-state index in [9.17, 15) is 19.5 Å². The van der Waals surface area contributed by atoms with Gasteiger partial charge in [-0.05, 0) is 25.0 Å². The van der Waals surface area contributed by atoms with Gasteiger partial charge in [0.15, 0.2) is 12.4 Å². The summed E-state index contributed by atoms with van der Waals surface area (Å²) in [5, 5.41) is 11.1. The Kier molecular flexibility index (Phi) is 8.50. The number of aliphatic hydroxyl groups excluding tert-OH is 1. The average Bonchev–Trinajstić information content (AvgIpc) is 3.07. The number of carbonyl (C=O) groups excluding carboxylic acids is 3. The standard InChI is InChI=1S/C28H31NO8/c1-17-18(2)27(32)29(26(17)31)23-25(35-15-21-12-8-5-9-13-21)24(36-19(3)30)22(37-28(23)33)16-34-14-20-10-6-4-7-11-20/h4-13,22-25,28,33H,14-16H2,1-3H3/t22-,23-,24-,25-,28?/m1/s1. The van der Waals surface area contributed by atoms with Gasteiger partial charge in [0.25, 0.3) is 11.8 Å². The van der Waals surface area contributed by atoms with Crippen molar-refractivity contribution in [2.45, 2.75) is 64.6 Å². The molecule has 5 atom stereocenters. The molecule has 1 unspecified atom stereocenters. The second kappa shape index (κ2) is 11.8. The predicted molar refractivity (Wildman–Crippen MR) is 132 cm³/mol. The lowest BCUT2D eigenvalue weighted by molar-refractivity contribution is -0.283. The Morgan fingerprint density at radius 2 is 1.43 bits per heavy atom. The molecular formula is C28H31NO8. The lowest BCUT2D eigenvalue weighted by atomic mass is 9.94. The molecule has 4 rings (SSSR count). The number of nitrogens with zero attached hydrogens (tertiary/aromatic N) is 1. The number of aliphatic hydroxyl groups is 1. The minimum absolute atomic E-state index is 0.0278. The van der Waals surface area contributed by atoms with E-state index in [0.29, 0.717) is 0 Å². The molecule has 0 spiro atoms. The van der Waals surface area contributed by atoms with Crippen molar-refractivity contribution in [1.29, 1.82) is 0 Å². The maximum atomic E-state index is 13.0. The molecule has 1 fully saturated rings. The molecule has 2 heterocycles. The maximum Gasteiger partial charge on any atom is 0.303 e. The highest BCUT2D eigenvalue weighted by atomic mass is 16.7. The van der Waals surface area contributed by atoms with E-state index in [1.165, 1.54) is 6.92 Å². The van der Waals surface area contributed by atoms with Gasteiger partial charge in [0.05, 0.1) is 19.8 Å². The fraction of sp³-hybridized carbons (Fsp3) is 0.393. The maximum absolute atomic E-state index is 13.0. The number of rotatable bonds is 9. The normalized spacial score (nSPS) is 26.1. The van der Waals surface area contributed by atoms with Gasteiger partial charge in [-0.2, -0.15) is 0 Å². The van der Waals surface area contributed by atoms with Crippen molar-refractivity contribution < 1.29 is 38.4 Å². The van der Waals surface area contributed by atoms with Crippen molar-refractivity contribution in [2.24, 2.45) is 0 Å². The molecule has 2 amide bonds. The van der Waals surface area contributed by atoms with Gasteiger partial charge in [0.1, 0.15) is 18.2 Å². The van der Waals surface area contributed by atoms with Crippen LogP contribution in [-0.4, -0.2) is 65.0 Å². The summed E-state index contributed by atoms with van der Waals surface area (Å²) in [6.45, 7) is 4.68. The van der Waals surface area contributed by atoms with Crippen molar-refractivity contribution in [2.75, 3.05) is 6.61 Å². The largest absolute Gasteiger partial charge is 0.457 e. The van der Waals surface area contributed by atoms with Crippen LogP contribution in [0.1, 0.15) is 31.9 Å². The zero-order valence-corrected chi connectivity index (χ0v) is 21.0. The number of carbonyl (C=O) groups is 3. The smallest absolute Gasteiger partial charge is 0.303 e. The van der Waals surface area contributed by atoms with Crippen LogP contribution in [0.25, 0.3) is 0 Å². The number of ether oxygens (including phenoxy) is 4. The summed E-state index contributed by atoms with van der Waals surface area (Å²) in [6.07, 6.45) is -4.65. The summed E-state index contributed by atoms with van der Waals surface area (Å²) in [5.74, 6) is -1.71. The highest BCUT2D eigenvalue weighted by Crippen LogP contribution is 2.34. The van der Waals surface area contributed by atoms with E-state index in [1.807, 2.05) is 60.7 Å². The molecule has 2 aliphatic heterocycles. The second-order valence-corrected chi connectivity index (χ2v) is 9.12. The van der Waals surface area contributed by atoms with Crippen LogP contribution in [0.4, 0.5) is 0 Å². The Balaban J connectivity index is 1.61. The zero-order valence-electron chi connectivity index (χ0n) is 21.0. The van der Waals surface area contributed by atoms with Gasteiger partial charge in [0.2, 0.25) is 0 Å². The Morgan fingerprint density at radius 1 is 0.892 bits per heavy atom. The van der Waals surface area contributed by atoms with Crippen molar-refractivity contribution in [3.8, 4) is 0 Å². The summed E-state index contributed by atoms with van der Waals surface area (Å²) >= 11 is 0. The van der Waals surface area contributed by atoms with Crippen LogP contribution in [0.3, 0.4) is 0 Å². The molecule has 0 radical (unpaired) electrons.